The van der Waals surface area contributed by atoms with Gasteiger partial charge in [-0.25, -0.2) is 9.18 Å². The van der Waals surface area contributed by atoms with Crippen LogP contribution in [0.4, 0.5) is 9.18 Å². The number of carboxylic acids is 1. The van der Waals surface area contributed by atoms with Crippen molar-refractivity contribution in [2.45, 2.75) is 32.7 Å². The molecule has 0 aliphatic heterocycles. The van der Waals surface area contributed by atoms with Crippen LogP contribution >= 0.6 is 0 Å². The summed E-state index contributed by atoms with van der Waals surface area (Å²) in [5.74, 6) is -1.47. The van der Waals surface area contributed by atoms with Crippen LogP contribution in [0.25, 0.3) is 11.1 Å². The first kappa shape index (κ1) is 28.5. The largest absolute Gasteiger partial charge is 0.481 e. The first-order valence-electron chi connectivity index (χ1n) is 11.8. The van der Waals surface area contributed by atoms with Crippen LogP contribution in [0.15, 0.2) is 72.8 Å². The van der Waals surface area contributed by atoms with Crippen LogP contribution in [0.5, 0.6) is 5.75 Å². The number of amides is 1. The van der Waals surface area contributed by atoms with Crippen LogP contribution in [0.3, 0.4) is 0 Å². The number of hydrogen-bond donors (Lipinski definition) is 1. The topological polar surface area (TPSA) is 70.1 Å². The molecule has 0 saturated heterocycles. The summed E-state index contributed by atoms with van der Waals surface area (Å²) in [6.45, 7) is 6.19. The molecule has 1 N–H and O–H groups in total. The molecule has 6 nitrogen and oxygen atoms in total. The number of hydrogen-bond acceptors (Lipinski definition) is 4. The second-order valence-corrected chi connectivity index (χ2v) is 8.76. The normalized spacial score (nSPS) is 12.2. The van der Waals surface area contributed by atoms with E-state index in [0.717, 1.165) is 11.1 Å². The van der Waals surface area contributed by atoms with Crippen LogP contribution < -0.4 is 4.74 Å². The van der Waals surface area contributed by atoms with Crippen LogP contribution in [-0.4, -0.2) is 54.7 Å². The molecule has 0 radical (unpaired) electrons. The molecule has 36 heavy (non-hydrogen) atoms. The Balaban J connectivity index is 0.000000254. The van der Waals surface area contributed by atoms with E-state index in [4.69, 9.17) is 9.84 Å². The third-order valence-corrected chi connectivity index (χ3v) is 6.05. The summed E-state index contributed by atoms with van der Waals surface area (Å²) in [4.78, 5) is 26.1. The molecule has 0 unspecified atom stereocenters. The smallest absolute Gasteiger partial charge is 0.414 e. The summed E-state index contributed by atoms with van der Waals surface area (Å²) in [7, 11) is 5.76. The molecular weight excluding hydrogens is 459 g/mol. The number of benzene rings is 3. The van der Waals surface area contributed by atoms with E-state index >= 15 is 0 Å². The lowest BCUT2D eigenvalue weighted by molar-refractivity contribution is -0.138. The van der Waals surface area contributed by atoms with E-state index in [1.54, 1.807) is 32.2 Å². The predicted octanol–water partition coefficient (Wildman–Crippen LogP) is 6.44. The number of carboxylic acid groups (broad SMARTS) is 1. The van der Waals surface area contributed by atoms with Gasteiger partial charge >= 0.3 is 12.1 Å². The maximum absolute atomic E-state index is 14.0. The van der Waals surface area contributed by atoms with Crippen molar-refractivity contribution in [1.82, 2.24) is 9.80 Å². The maximum Gasteiger partial charge on any atom is 0.414 e. The summed E-state index contributed by atoms with van der Waals surface area (Å²) < 4.78 is 19.3. The minimum Gasteiger partial charge on any atom is -0.481 e. The molecule has 0 spiro atoms. The van der Waals surface area contributed by atoms with Crippen molar-refractivity contribution in [2.75, 3.05) is 27.7 Å². The van der Waals surface area contributed by atoms with Crippen molar-refractivity contribution in [3.63, 3.8) is 0 Å². The molecule has 0 aliphatic rings. The van der Waals surface area contributed by atoms with Crippen LogP contribution in [0, 0.1) is 5.82 Å². The summed E-state index contributed by atoms with van der Waals surface area (Å²) in [5, 5.41) is 8.89. The van der Waals surface area contributed by atoms with Crippen molar-refractivity contribution < 1.29 is 23.8 Å². The molecule has 1 amide bonds. The lowest BCUT2D eigenvalue weighted by Gasteiger charge is -2.21. The van der Waals surface area contributed by atoms with Gasteiger partial charge in [0, 0.05) is 25.2 Å². The van der Waals surface area contributed by atoms with Gasteiger partial charge in [-0.1, -0.05) is 54.6 Å². The fraction of sp³-hybridized carbons (Fsp3) is 0.310. The maximum atomic E-state index is 14.0. The summed E-state index contributed by atoms with van der Waals surface area (Å²) in [6, 6.07) is 21.7. The number of rotatable bonds is 7. The van der Waals surface area contributed by atoms with Gasteiger partial charge in [0.05, 0.1) is 5.92 Å². The van der Waals surface area contributed by atoms with Gasteiger partial charge in [-0.3, -0.25) is 4.79 Å². The van der Waals surface area contributed by atoms with Crippen molar-refractivity contribution in [3.05, 3.63) is 89.7 Å². The van der Waals surface area contributed by atoms with E-state index < -0.39 is 17.7 Å². The Morgan fingerprint density at radius 1 is 0.917 bits per heavy atom. The monoisotopic (exact) mass is 494 g/mol. The van der Waals surface area contributed by atoms with E-state index in [1.807, 2.05) is 69.6 Å². The molecule has 192 valence electrons. The number of nitrogens with zero attached hydrogens (tertiary/aromatic N) is 2. The Hall–Kier alpha value is -3.71. The molecule has 0 saturated carbocycles. The molecule has 7 heteroatoms. The predicted molar refractivity (Wildman–Crippen MR) is 141 cm³/mol. The molecule has 3 rings (SSSR count). The molecule has 3 aromatic carbocycles. The Labute approximate surface area is 212 Å². The van der Waals surface area contributed by atoms with Gasteiger partial charge < -0.3 is 19.6 Å². The Morgan fingerprint density at radius 3 is 2.14 bits per heavy atom. The van der Waals surface area contributed by atoms with Gasteiger partial charge in [-0.2, -0.15) is 0 Å². The minimum atomic E-state index is -0.957. The number of aliphatic carboxylic acids is 1. The summed E-state index contributed by atoms with van der Waals surface area (Å²) >= 11 is 0. The standard InChI is InChI=1S/C15H13FO2.C14H22N2O2/c1-10(15(17)18)12-7-8-13(14(16)9-12)11-5-3-2-4-6-11;1-6-16(5)14(17)18-13-9-7-8-12(10-13)11(2)15(3)4/h2-10H,1H3,(H,17,18);7-11H,6H2,1-5H3/t10-;11-/m10/s1. The number of carbonyl (C=O) groups is 2. The minimum absolute atomic E-state index is 0.285. The zero-order valence-electron chi connectivity index (χ0n) is 21.7. The zero-order chi connectivity index (χ0) is 26.8. The second kappa shape index (κ2) is 13.4. The van der Waals surface area contributed by atoms with Gasteiger partial charge in [0.25, 0.3) is 0 Å². The van der Waals surface area contributed by atoms with E-state index in [0.29, 0.717) is 23.4 Å². The van der Waals surface area contributed by atoms with Gasteiger partial charge in [0.2, 0.25) is 0 Å². The van der Waals surface area contributed by atoms with E-state index in [2.05, 4.69) is 11.8 Å². The molecule has 0 fully saturated rings. The van der Waals surface area contributed by atoms with Crippen LogP contribution in [0.1, 0.15) is 43.9 Å². The van der Waals surface area contributed by atoms with Crippen LogP contribution in [0.2, 0.25) is 0 Å². The highest BCUT2D eigenvalue weighted by molar-refractivity contribution is 5.76. The van der Waals surface area contributed by atoms with Crippen molar-refractivity contribution in [1.29, 1.82) is 0 Å². The van der Waals surface area contributed by atoms with Gasteiger partial charge in [0.15, 0.2) is 0 Å². The molecule has 0 bridgehead atoms. The molecule has 3 aromatic rings. The van der Waals surface area contributed by atoms with Crippen molar-refractivity contribution >= 4 is 12.1 Å². The third-order valence-electron chi connectivity index (χ3n) is 6.05. The summed E-state index contributed by atoms with van der Waals surface area (Å²) in [6.07, 6.45) is -0.327. The highest BCUT2D eigenvalue weighted by Gasteiger charge is 2.16. The Morgan fingerprint density at radius 2 is 1.58 bits per heavy atom. The van der Waals surface area contributed by atoms with E-state index in [9.17, 15) is 14.0 Å². The highest BCUT2D eigenvalue weighted by atomic mass is 19.1. The second-order valence-electron chi connectivity index (χ2n) is 8.76. The van der Waals surface area contributed by atoms with Crippen molar-refractivity contribution in [2.24, 2.45) is 0 Å². The lowest BCUT2D eigenvalue weighted by atomic mass is 9.97. The molecular formula is C29H35FN2O4. The average Bonchev–Trinajstić information content (AvgIpc) is 2.88. The van der Waals surface area contributed by atoms with E-state index in [-0.39, 0.29) is 12.1 Å². The van der Waals surface area contributed by atoms with Crippen molar-refractivity contribution in [3.8, 4) is 16.9 Å². The zero-order valence-corrected chi connectivity index (χ0v) is 21.7. The highest BCUT2D eigenvalue weighted by Crippen LogP contribution is 2.26. The molecule has 0 heterocycles. The van der Waals surface area contributed by atoms with E-state index in [1.165, 1.54) is 11.0 Å². The molecule has 2 atom stereocenters. The Bertz CT molecular complexity index is 1150. The molecule has 0 aromatic heterocycles. The number of ether oxygens (including phenoxy) is 1. The summed E-state index contributed by atoms with van der Waals surface area (Å²) in [5.41, 5.74) is 2.87. The first-order valence-corrected chi connectivity index (χ1v) is 11.8. The fourth-order valence-corrected chi connectivity index (χ4v) is 3.24. The van der Waals surface area contributed by atoms with Gasteiger partial charge in [0.1, 0.15) is 11.6 Å². The quantitative estimate of drug-likeness (QED) is 0.409. The number of halogens is 1. The van der Waals surface area contributed by atoms with Gasteiger partial charge in [-0.15, -0.1) is 0 Å². The SMILES string of the molecule is CCN(C)C(=O)Oc1cccc([C@H](C)N(C)C)c1.C[C@@H](C(=O)O)c1ccc(-c2ccccc2)c(F)c1. The van der Waals surface area contributed by atoms with Crippen LogP contribution in [-0.2, 0) is 4.79 Å². The Kier molecular flexibility index (Phi) is 10.6. The molecule has 0 aliphatic carbocycles. The van der Waals surface area contributed by atoms with Gasteiger partial charge in [-0.05, 0) is 69.8 Å². The third kappa shape index (κ3) is 7.92. The lowest BCUT2D eigenvalue weighted by Crippen LogP contribution is -2.29. The number of carbonyl (C=O) groups excluding carboxylic acids is 1. The average molecular weight is 495 g/mol. The first-order chi connectivity index (χ1) is 17.0. The fourth-order valence-electron chi connectivity index (χ4n) is 3.24.